The highest BCUT2D eigenvalue weighted by Gasteiger charge is 2.07. The van der Waals surface area contributed by atoms with Crippen LogP contribution in [-0.4, -0.2) is 13.4 Å². The summed E-state index contributed by atoms with van der Waals surface area (Å²) in [4.78, 5) is 11.4. The van der Waals surface area contributed by atoms with Gasteiger partial charge in [0.25, 0.3) is 0 Å². The van der Waals surface area contributed by atoms with Crippen molar-refractivity contribution in [2.75, 3.05) is 7.11 Å². The third kappa shape index (κ3) is 2.08. The summed E-state index contributed by atoms with van der Waals surface area (Å²) in [7, 11) is 1.65. The zero-order valence-corrected chi connectivity index (χ0v) is 8.06. The van der Waals surface area contributed by atoms with Crippen LogP contribution in [0.3, 0.4) is 0 Å². The SMILES string of the molecule is COc1ccc(C(C)CC=O)s1. The molecule has 0 fully saturated rings. The van der Waals surface area contributed by atoms with Crippen molar-refractivity contribution < 1.29 is 9.53 Å². The smallest absolute Gasteiger partial charge is 0.173 e. The second-order valence-corrected chi connectivity index (χ2v) is 3.74. The lowest BCUT2D eigenvalue weighted by Gasteiger charge is -2.02. The molecule has 1 heterocycles. The summed E-state index contributed by atoms with van der Waals surface area (Å²) >= 11 is 1.60. The fraction of sp³-hybridized carbons (Fsp3) is 0.444. The Morgan fingerprint density at radius 2 is 2.42 bits per heavy atom. The van der Waals surface area contributed by atoms with Gasteiger partial charge in [0, 0.05) is 11.3 Å². The molecule has 1 aromatic heterocycles. The molecule has 1 atom stereocenters. The molecule has 0 saturated carbocycles. The van der Waals surface area contributed by atoms with Gasteiger partial charge >= 0.3 is 0 Å². The lowest BCUT2D eigenvalue weighted by atomic mass is 10.1. The Morgan fingerprint density at radius 3 is 2.92 bits per heavy atom. The normalized spacial score (nSPS) is 12.5. The van der Waals surface area contributed by atoms with Crippen molar-refractivity contribution in [2.24, 2.45) is 0 Å². The van der Waals surface area contributed by atoms with Crippen LogP contribution < -0.4 is 4.74 Å². The first kappa shape index (κ1) is 9.26. The van der Waals surface area contributed by atoms with E-state index in [0.717, 1.165) is 11.3 Å². The molecule has 66 valence electrons. The number of aldehydes is 1. The summed E-state index contributed by atoms with van der Waals surface area (Å²) < 4.78 is 5.05. The lowest BCUT2D eigenvalue weighted by molar-refractivity contribution is -0.108. The molecule has 0 spiro atoms. The molecule has 0 saturated heterocycles. The first-order chi connectivity index (χ1) is 5.77. The minimum atomic E-state index is 0.316. The first-order valence-electron chi connectivity index (χ1n) is 3.85. The Hall–Kier alpha value is -0.830. The fourth-order valence-corrected chi connectivity index (χ4v) is 1.85. The van der Waals surface area contributed by atoms with Gasteiger partial charge in [0.1, 0.15) is 6.29 Å². The first-order valence-corrected chi connectivity index (χ1v) is 4.67. The number of rotatable bonds is 4. The molecule has 1 unspecified atom stereocenters. The molecule has 1 rings (SSSR count). The fourth-order valence-electron chi connectivity index (χ4n) is 0.969. The van der Waals surface area contributed by atoms with Crippen molar-refractivity contribution in [1.82, 2.24) is 0 Å². The Morgan fingerprint density at radius 1 is 1.67 bits per heavy atom. The van der Waals surface area contributed by atoms with Crippen LogP contribution in [0.4, 0.5) is 0 Å². The molecule has 1 aromatic rings. The number of carbonyl (C=O) groups is 1. The minimum absolute atomic E-state index is 0.316. The molecule has 12 heavy (non-hydrogen) atoms. The second kappa shape index (κ2) is 4.26. The van der Waals surface area contributed by atoms with Crippen LogP contribution in [0.15, 0.2) is 12.1 Å². The topological polar surface area (TPSA) is 26.3 Å². The van der Waals surface area contributed by atoms with Gasteiger partial charge < -0.3 is 9.53 Å². The predicted octanol–water partition coefficient (Wildman–Crippen LogP) is 2.45. The summed E-state index contributed by atoms with van der Waals surface area (Å²) in [5.41, 5.74) is 0. The van der Waals surface area contributed by atoms with Crippen molar-refractivity contribution in [3.8, 4) is 5.06 Å². The number of hydrogen-bond acceptors (Lipinski definition) is 3. The Labute approximate surface area is 76.2 Å². The molecule has 0 bridgehead atoms. The largest absolute Gasteiger partial charge is 0.487 e. The Bertz CT molecular complexity index is 255. The van der Waals surface area contributed by atoms with Gasteiger partial charge in [0.2, 0.25) is 0 Å². The number of hydrogen-bond donors (Lipinski definition) is 0. The van der Waals surface area contributed by atoms with Crippen molar-refractivity contribution in [3.05, 3.63) is 17.0 Å². The average molecular weight is 184 g/mol. The molecule has 0 amide bonds. The summed E-state index contributed by atoms with van der Waals surface area (Å²) in [6, 6.07) is 3.94. The summed E-state index contributed by atoms with van der Waals surface area (Å²) in [5, 5.41) is 0.905. The maximum absolute atomic E-state index is 10.2. The Balaban J connectivity index is 2.67. The summed E-state index contributed by atoms with van der Waals surface area (Å²) in [6.45, 7) is 2.04. The van der Waals surface area contributed by atoms with E-state index in [1.807, 2.05) is 19.1 Å². The second-order valence-electron chi connectivity index (χ2n) is 2.66. The van der Waals surface area contributed by atoms with Crippen LogP contribution in [0.1, 0.15) is 24.1 Å². The minimum Gasteiger partial charge on any atom is -0.487 e. The average Bonchev–Trinajstić information content (AvgIpc) is 2.52. The van der Waals surface area contributed by atoms with Crippen molar-refractivity contribution in [3.63, 3.8) is 0 Å². The summed E-state index contributed by atoms with van der Waals surface area (Å²) in [6.07, 6.45) is 1.54. The van der Waals surface area contributed by atoms with Gasteiger partial charge in [-0.3, -0.25) is 0 Å². The van der Waals surface area contributed by atoms with Crippen molar-refractivity contribution >= 4 is 17.6 Å². The van der Waals surface area contributed by atoms with Gasteiger partial charge in [-0.1, -0.05) is 6.92 Å². The number of carbonyl (C=O) groups excluding carboxylic acids is 1. The molecule has 0 aliphatic carbocycles. The van der Waals surface area contributed by atoms with E-state index < -0.39 is 0 Å². The Kier molecular flexibility index (Phi) is 3.29. The van der Waals surface area contributed by atoms with Gasteiger partial charge in [-0.05, 0) is 18.1 Å². The standard InChI is InChI=1S/C9H12O2S/c1-7(5-6-10)8-3-4-9(11-2)12-8/h3-4,6-7H,5H2,1-2H3. The molecule has 0 aliphatic rings. The van der Waals surface area contributed by atoms with E-state index in [1.165, 1.54) is 4.88 Å². The van der Waals surface area contributed by atoms with E-state index in [2.05, 4.69) is 0 Å². The van der Waals surface area contributed by atoms with Crippen LogP contribution in [0, 0.1) is 0 Å². The van der Waals surface area contributed by atoms with Crippen LogP contribution in [-0.2, 0) is 4.79 Å². The van der Waals surface area contributed by atoms with Crippen molar-refractivity contribution in [1.29, 1.82) is 0 Å². The van der Waals surface area contributed by atoms with E-state index in [1.54, 1.807) is 18.4 Å². The van der Waals surface area contributed by atoms with Crippen LogP contribution in [0.5, 0.6) is 5.06 Å². The van der Waals surface area contributed by atoms with Gasteiger partial charge in [-0.15, -0.1) is 11.3 Å². The third-order valence-corrected chi connectivity index (χ3v) is 3.02. The quantitative estimate of drug-likeness (QED) is 0.672. The molecule has 0 aromatic carbocycles. The van der Waals surface area contributed by atoms with Crippen molar-refractivity contribution in [2.45, 2.75) is 19.3 Å². The number of thiophene rings is 1. The number of ether oxygens (including phenoxy) is 1. The molecular weight excluding hydrogens is 172 g/mol. The van der Waals surface area contributed by atoms with E-state index >= 15 is 0 Å². The number of methoxy groups -OCH3 is 1. The van der Waals surface area contributed by atoms with E-state index in [-0.39, 0.29) is 0 Å². The van der Waals surface area contributed by atoms with Crippen LogP contribution >= 0.6 is 11.3 Å². The zero-order valence-electron chi connectivity index (χ0n) is 7.24. The maximum Gasteiger partial charge on any atom is 0.173 e. The maximum atomic E-state index is 10.2. The van der Waals surface area contributed by atoms with E-state index in [0.29, 0.717) is 12.3 Å². The summed E-state index contributed by atoms with van der Waals surface area (Å²) in [5.74, 6) is 0.316. The molecule has 0 N–H and O–H groups in total. The molecule has 3 heteroatoms. The van der Waals surface area contributed by atoms with Gasteiger partial charge in [0.05, 0.1) is 7.11 Å². The van der Waals surface area contributed by atoms with Crippen LogP contribution in [0.25, 0.3) is 0 Å². The zero-order chi connectivity index (χ0) is 8.97. The van der Waals surface area contributed by atoms with Gasteiger partial charge in [-0.25, -0.2) is 0 Å². The van der Waals surface area contributed by atoms with Gasteiger partial charge in [0.15, 0.2) is 5.06 Å². The highest BCUT2D eigenvalue weighted by molar-refractivity contribution is 7.13. The molecule has 0 radical (unpaired) electrons. The van der Waals surface area contributed by atoms with E-state index in [4.69, 9.17) is 4.74 Å². The highest BCUT2D eigenvalue weighted by Crippen LogP contribution is 2.30. The van der Waals surface area contributed by atoms with Gasteiger partial charge in [-0.2, -0.15) is 0 Å². The lowest BCUT2D eigenvalue weighted by Crippen LogP contribution is -1.89. The van der Waals surface area contributed by atoms with E-state index in [9.17, 15) is 4.79 Å². The van der Waals surface area contributed by atoms with Crippen LogP contribution in [0.2, 0.25) is 0 Å². The molecular formula is C9H12O2S. The predicted molar refractivity (Wildman–Crippen MR) is 50.0 cm³/mol. The molecule has 0 aliphatic heterocycles. The molecule has 2 nitrogen and oxygen atoms in total. The third-order valence-electron chi connectivity index (χ3n) is 1.74. The monoisotopic (exact) mass is 184 g/mol. The highest BCUT2D eigenvalue weighted by atomic mass is 32.1.